The van der Waals surface area contributed by atoms with Crippen LogP contribution in [0.3, 0.4) is 0 Å². The molecule has 1 heteroatoms. The van der Waals surface area contributed by atoms with Gasteiger partial charge in [0, 0.05) is 19.1 Å². The van der Waals surface area contributed by atoms with Crippen LogP contribution in [-0.4, -0.2) is 24.0 Å². The topological polar surface area (TPSA) is 3.24 Å². The molecule has 0 aromatic heterocycles. The molecule has 0 amide bonds. The summed E-state index contributed by atoms with van der Waals surface area (Å²) in [5.74, 6) is 3.16. The fraction of sp³-hybridized carbons (Fsp3) is 1.00. The molecular formula is C15H33N. The van der Waals surface area contributed by atoms with Crippen LogP contribution in [0.1, 0.15) is 55.4 Å². The maximum atomic E-state index is 2.65. The summed E-state index contributed by atoms with van der Waals surface area (Å²) >= 11 is 0. The van der Waals surface area contributed by atoms with Gasteiger partial charge in [-0.2, -0.15) is 0 Å². The first-order chi connectivity index (χ1) is 7.25. The number of rotatable bonds is 7. The van der Waals surface area contributed by atoms with E-state index < -0.39 is 0 Å². The Kier molecular flexibility index (Phi) is 7.30. The molecule has 0 N–H and O–H groups in total. The van der Waals surface area contributed by atoms with E-state index >= 15 is 0 Å². The van der Waals surface area contributed by atoms with Gasteiger partial charge in [0.15, 0.2) is 0 Å². The molecule has 1 nitrogen and oxygen atoms in total. The van der Waals surface area contributed by atoms with E-state index in [2.05, 4.69) is 60.3 Å². The molecule has 2 atom stereocenters. The van der Waals surface area contributed by atoms with E-state index in [1.807, 2.05) is 0 Å². The van der Waals surface area contributed by atoms with Crippen LogP contribution < -0.4 is 0 Å². The number of hydrogen-bond donors (Lipinski definition) is 0. The highest BCUT2D eigenvalue weighted by atomic mass is 15.1. The van der Waals surface area contributed by atoms with Crippen molar-refractivity contribution in [2.24, 2.45) is 23.7 Å². The highest BCUT2D eigenvalue weighted by Gasteiger charge is 2.19. The first-order valence-corrected chi connectivity index (χ1v) is 6.99. The number of nitrogens with zero attached hydrogens (tertiary/aromatic N) is 1. The van der Waals surface area contributed by atoms with Crippen molar-refractivity contribution in [2.75, 3.05) is 13.1 Å². The summed E-state index contributed by atoms with van der Waals surface area (Å²) < 4.78 is 0. The fourth-order valence-electron chi connectivity index (χ4n) is 1.66. The minimum atomic E-state index is 0.669. The van der Waals surface area contributed by atoms with Gasteiger partial charge in [-0.1, -0.05) is 41.5 Å². The fourth-order valence-corrected chi connectivity index (χ4v) is 1.66. The van der Waals surface area contributed by atoms with E-state index in [9.17, 15) is 0 Å². The second-order valence-corrected chi connectivity index (χ2v) is 6.49. The Morgan fingerprint density at radius 1 is 0.625 bits per heavy atom. The molecular weight excluding hydrogens is 194 g/mol. The maximum Gasteiger partial charge on any atom is 0.00388 e. The van der Waals surface area contributed by atoms with Gasteiger partial charge >= 0.3 is 0 Å². The molecule has 16 heavy (non-hydrogen) atoms. The maximum absolute atomic E-state index is 2.65. The summed E-state index contributed by atoms with van der Waals surface area (Å²) in [7, 11) is 0. The summed E-state index contributed by atoms with van der Waals surface area (Å²) in [5, 5.41) is 0. The van der Waals surface area contributed by atoms with Crippen molar-refractivity contribution in [3.63, 3.8) is 0 Å². The van der Waals surface area contributed by atoms with E-state index in [0.717, 1.165) is 23.7 Å². The molecule has 0 bridgehead atoms. The van der Waals surface area contributed by atoms with Crippen molar-refractivity contribution >= 4 is 0 Å². The molecule has 0 aliphatic carbocycles. The van der Waals surface area contributed by atoms with Crippen molar-refractivity contribution in [1.82, 2.24) is 4.90 Å². The lowest BCUT2D eigenvalue weighted by Crippen LogP contribution is -2.39. The zero-order valence-electron chi connectivity index (χ0n) is 12.7. The standard InChI is InChI=1S/C15H33N/c1-11(2)14(7)9-16(13(5)6)10-15(8)12(3)4/h11-15H,9-10H2,1-8H3/t14-,15?/m0/s1. The molecule has 1 unspecified atom stereocenters. The van der Waals surface area contributed by atoms with Gasteiger partial charge < -0.3 is 4.90 Å². The van der Waals surface area contributed by atoms with Crippen LogP contribution in [0.25, 0.3) is 0 Å². The molecule has 0 spiro atoms. The van der Waals surface area contributed by atoms with E-state index in [1.165, 1.54) is 13.1 Å². The summed E-state index contributed by atoms with van der Waals surface area (Å²) in [5.41, 5.74) is 0. The predicted molar refractivity (Wildman–Crippen MR) is 74.7 cm³/mol. The third kappa shape index (κ3) is 5.89. The summed E-state index contributed by atoms with van der Waals surface area (Å²) in [6.45, 7) is 21.2. The zero-order chi connectivity index (χ0) is 12.9. The third-order valence-electron chi connectivity index (χ3n) is 4.05. The quantitative estimate of drug-likeness (QED) is 0.627. The van der Waals surface area contributed by atoms with Crippen LogP contribution in [-0.2, 0) is 0 Å². The summed E-state index contributed by atoms with van der Waals surface area (Å²) in [6.07, 6.45) is 0. The zero-order valence-corrected chi connectivity index (χ0v) is 12.7. The molecule has 0 radical (unpaired) electrons. The van der Waals surface area contributed by atoms with Crippen LogP contribution in [0.15, 0.2) is 0 Å². The van der Waals surface area contributed by atoms with Crippen LogP contribution >= 0.6 is 0 Å². The molecule has 0 aliphatic heterocycles. The Morgan fingerprint density at radius 3 is 1.12 bits per heavy atom. The molecule has 0 aliphatic rings. The largest absolute Gasteiger partial charge is 0.300 e. The molecule has 0 saturated carbocycles. The molecule has 0 heterocycles. The molecule has 98 valence electrons. The Hall–Kier alpha value is -0.0400. The van der Waals surface area contributed by atoms with Crippen LogP contribution in [0, 0.1) is 23.7 Å². The minimum Gasteiger partial charge on any atom is -0.300 e. The summed E-state index contributed by atoms with van der Waals surface area (Å²) in [6, 6.07) is 0.669. The smallest absolute Gasteiger partial charge is 0.00388 e. The molecule has 0 rings (SSSR count). The first-order valence-electron chi connectivity index (χ1n) is 6.99. The van der Waals surface area contributed by atoms with Crippen molar-refractivity contribution in [2.45, 2.75) is 61.4 Å². The van der Waals surface area contributed by atoms with Gasteiger partial charge in [-0.25, -0.2) is 0 Å². The van der Waals surface area contributed by atoms with E-state index in [-0.39, 0.29) is 0 Å². The average Bonchev–Trinajstić information content (AvgIpc) is 2.15. The van der Waals surface area contributed by atoms with Gasteiger partial charge in [0.25, 0.3) is 0 Å². The molecule has 0 fully saturated rings. The van der Waals surface area contributed by atoms with E-state index in [4.69, 9.17) is 0 Å². The third-order valence-corrected chi connectivity index (χ3v) is 4.05. The number of hydrogen-bond acceptors (Lipinski definition) is 1. The highest BCUT2D eigenvalue weighted by Crippen LogP contribution is 2.17. The molecule has 0 aromatic rings. The van der Waals surface area contributed by atoms with E-state index in [1.54, 1.807) is 0 Å². The van der Waals surface area contributed by atoms with Gasteiger partial charge in [-0.15, -0.1) is 0 Å². The Labute approximate surface area is 104 Å². The average molecular weight is 227 g/mol. The van der Waals surface area contributed by atoms with Crippen molar-refractivity contribution in [3.05, 3.63) is 0 Å². The van der Waals surface area contributed by atoms with Gasteiger partial charge in [0.1, 0.15) is 0 Å². The van der Waals surface area contributed by atoms with Crippen LogP contribution in [0.5, 0.6) is 0 Å². The van der Waals surface area contributed by atoms with Gasteiger partial charge in [-0.05, 0) is 37.5 Å². The monoisotopic (exact) mass is 227 g/mol. The Balaban J connectivity index is 4.28. The SMILES string of the molecule is CC(C)C(C)CN(C[C@H](C)C(C)C)C(C)C. The Bertz CT molecular complexity index is 156. The first kappa shape index (κ1) is 16.0. The second kappa shape index (κ2) is 7.32. The van der Waals surface area contributed by atoms with Crippen LogP contribution in [0.2, 0.25) is 0 Å². The highest BCUT2D eigenvalue weighted by molar-refractivity contribution is 4.72. The van der Waals surface area contributed by atoms with E-state index in [0.29, 0.717) is 6.04 Å². The lowest BCUT2D eigenvalue weighted by atomic mass is 9.94. The summed E-state index contributed by atoms with van der Waals surface area (Å²) in [4.78, 5) is 2.65. The van der Waals surface area contributed by atoms with Crippen molar-refractivity contribution < 1.29 is 0 Å². The predicted octanol–water partition coefficient (Wildman–Crippen LogP) is 4.28. The Morgan fingerprint density at radius 2 is 0.938 bits per heavy atom. The van der Waals surface area contributed by atoms with Gasteiger partial charge in [0.05, 0.1) is 0 Å². The lowest BCUT2D eigenvalue weighted by Gasteiger charge is -2.34. The normalized spacial score (nSPS) is 16.5. The second-order valence-electron chi connectivity index (χ2n) is 6.49. The van der Waals surface area contributed by atoms with Gasteiger partial charge in [0.2, 0.25) is 0 Å². The van der Waals surface area contributed by atoms with Gasteiger partial charge in [-0.3, -0.25) is 0 Å². The minimum absolute atomic E-state index is 0.669. The van der Waals surface area contributed by atoms with Crippen molar-refractivity contribution in [1.29, 1.82) is 0 Å². The van der Waals surface area contributed by atoms with Crippen LogP contribution in [0.4, 0.5) is 0 Å². The van der Waals surface area contributed by atoms with Crippen molar-refractivity contribution in [3.8, 4) is 0 Å². The lowest BCUT2D eigenvalue weighted by molar-refractivity contribution is 0.139. The molecule has 0 aromatic carbocycles. The molecule has 0 saturated heterocycles.